The van der Waals surface area contributed by atoms with Gasteiger partial charge in [-0.1, -0.05) is 12.1 Å². The second-order valence-corrected chi connectivity index (χ2v) is 5.14. The summed E-state index contributed by atoms with van der Waals surface area (Å²) in [6, 6.07) is 11.1. The van der Waals surface area contributed by atoms with Gasteiger partial charge in [-0.2, -0.15) is 0 Å². The van der Waals surface area contributed by atoms with Crippen LogP contribution in [-0.2, 0) is 5.88 Å². The summed E-state index contributed by atoms with van der Waals surface area (Å²) in [6.45, 7) is 0. The monoisotopic (exact) mass is 380 g/mol. The molecule has 112 valence electrons. The van der Waals surface area contributed by atoms with Gasteiger partial charge in [-0.25, -0.2) is 0 Å². The van der Waals surface area contributed by atoms with Crippen molar-refractivity contribution in [2.45, 2.75) is 12.2 Å². The van der Waals surface area contributed by atoms with E-state index in [1.807, 2.05) is 6.07 Å². The van der Waals surface area contributed by atoms with Crippen LogP contribution in [0.3, 0.4) is 0 Å². The quantitative estimate of drug-likeness (QED) is 0.616. The lowest BCUT2D eigenvalue weighted by molar-refractivity contribution is -0.274. The van der Waals surface area contributed by atoms with Crippen molar-refractivity contribution >= 4 is 27.5 Å². The maximum Gasteiger partial charge on any atom is 0.573 e. The summed E-state index contributed by atoms with van der Waals surface area (Å²) in [5.74, 6) is 0.941. The highest BCUT2D eigenvalue weighted by Gasteiger charge is 2.32. The molecule has 0 unspecified atom stereocenters. The molecular formula is C14H9BrClF3O2. The Morgan fingerprint density at radius 1 is 1.05 bits per heavy atom. The second-order valence-electron chi connectivity index (χ2n) is 4.02. The van der Waals surface area contributed by atoms with E-state index in [1.165, 1.54) is 18.2 Å². The highest BCUT2D eigenvalue weighted by molar-refractivity contribution is 9.10. The van der Waals surface area contributed by atoms with Crippen molar-refractivity contribution in [3.8, 4) is 17.2 Å². The molecule has 2 nitrogen and oxygen atoms in total. The van der Waals surface area contributed by atoms with Gasteiger partial charge in [-0.15, -0.1) is 24.8 Å². The van der Waals surface area contributed by atoms with Crippen LogP contribution in [0.4, 0.5) is 13.2 Å². The molecular weight excluding hydrogens is 373 g/mol. The summed E-state index contributed by atoms with van der Waals surface area (Å²) >= 11 is 8.74. The number of benzene rings is 2. The van der Waals surface area contributed by atoms with Crippen LogP contribution in [0.25, 0.3) is 0 Å². The van der Waals surface area contributed by atoms with Gasteiger partial charge in [0.15, 0.2) is 0 Å². The lowest BCUT2D eigenvalue weighted by Gasteiger charge is -2.12. The standard InChI is InChI=1S/C14H9BrClF3O2/c15-12-7-11(4-5-13(12)21-14(17,18)19)20-10-3-1-2-9(6-10)8-16/h1-7H,8H2. The summed E-state index contributed by atoms with van der Waals surface area (Å²) in [4.78, 5) is 0. The normalized spacial score (nSPS) is 11.3. The molecule has 21 heavy (non-hydrogen) atoms. The van der Waals surface area contributed by atoms with E-state index in [0.29, 0.717) is 17.4 Å². The summed E-state index contributed by atoms with van der Waals surface area (Å²) < 4.78 is 46.1. The van der Waals surface area contributed by atoms with Gasteiger partial charge in [-0.05, 0) is 51.8 Å². The zero-order valence-electron chi connectivity index (χ0n) is 10.5. The van der Waals surface area contributed by atoms with E-state index in [4.69, 9.17) is 16.3 Å². The van der Waals surface area contributed by atoms with Gasteiger partial charge in [0, 0.05) is 5.88 Å². The van der Waals surface area contributed by atoms with Crippen LogP contribution in [0.2, 0.25) is 0 Å². The first kappa shape index (κ1) is 16.0. The highest BCUT2D eigenvalue weighted by Crippen LogP contribution is 2.34. The molecule has 0 saturated carbocycles. The number of ether oxygens (including phenoxy) is 2. The van der Waals surface area contributed by atoms with Crippen molar-refractivity contribution in [1.82, 2.24) is 0 Å². The fraction of sp³-hybridized carbons (Fsp3) is 0.143. The van der Waals surface area contributed by atoms with E-state index in [0.717, 1.165) is 5.56 Å². The van der Waals surface area contributed by atoms with Crippen LogP contribution >= 0.6 is 27.5 Å². The predicted molar refractivity (Wildman–Crippen MR) is 76.9 cm³/mol. The molecule has 2 aromatic rings. The fourth-order valence-electron chi connectivity index (χ4n) is 1.58. The maximum absolute atomic E-state index is 12.2. The first-order chi connectivity index (χ1) is 9.87. The Morgan fingerprint density at radius 2 is 1.76 bits per heavy atom. The Kier molecular flexibility index (Phi) is 5.00. The van der Waals surface area contributed by atoms with Crippen LogP contribution in [0.15, 0.2) is 46.9 Å². The minimum absolute atomic E-state index is 0.144. The molecule has 0 N–H and O–H groups in total. The van der Waals surface area contributed by atoms with Crippen LogP contribution in [0, 0.1) is 0 Å². The zero-order chi connectivity index (χ0) is 15.5. The fourth-order valence-corrected chi connectivity index (χ4v) is 2.19. The second kappa shape index (κ2) is 6.58. The molecule has 2 aromatic carbocycles. The molecule has 0 aromatic heterocycles. The van der Waals surface area contributed by atoms with Gasteiger partial charge < -0.3 is 9.47 Å². The van der Waals surface area contributed by atoms with Gasteiger partial charge >= 0.3 is 6.36 Å². The lowest BCUT2D eigenvalue weighted by atomic mass is 10.2. The van der Waals surface area contributed by atoms with Crippen LogP contribution in [-0.4, -0.2) is 6.36 Å². The lowest BCUT2D eigenvalue weighted by Crippen LogP contribution is -2.17. The SMILES string of the molecule is FC(F)(F)Oc1ccc(Oc2cccc(CCl)c2)cc1Br. The molecule has 7 heteroatoms. The van der Waals surface area contributed by atoms with Gasteiger partial charge in [-0.3, -0.25) is 0 Å². The molecule has 2 rings (SSSR count). The van der Waals surface area contributed by atoms with Gasteiger partial charge in [0.25, 0.3) is 0 Å². The van der Waals surface area contributed by atoms with Crippen molar-refractivity contribution < 1.29 is 22.6 Å². The zero-order valence-corrected chi connectivity index (χ0v) is 12.8. The van der Waals surface area contributed by atoms with Crippen molar-refractivity contribution in [2.24, 2.45) is 0 Å². The number of halogens is 5. The topological polar surface area (TPSA) is 18.5 Å². The molecule has 0 fully saturated rings. The van der Waals surface area contributed by atoms with E-state index < -0.39 is 6.36 Å². The average Bonchev–Trinajstić information content (AvgIpc) is 2.41. The number of rotatable bonds is 4. The van der Waals surface area contributed by atoms with Crippen molar-refractivity contribution in [3.05, 3.63) is 52.5 Å². The van der Waals surface area contributed by atoms with Crippen LogP contribution < -0.4 is 9.47 Å². The molecule has 0 radical (unpaired) electrons. The Hall–Kier alpha value is -1.40. The molecule has 0 heterocycles. The summed E-state index contributed by atoms with van der Waals surface area (Å²) in [7, 11) is 0. The molecule has 0 atom stereocenters. The molecule has 0 saturated heterocycles. The summed E-state index contributed by atoms with van der Waals surface area (Å²) in [5, 5.41) is 0. The summed E-state index contributed by atoms with van der Waals surface area (Å²) in [6.07, 6.45) is -4.74. The minimum Gasteiger partial charge on any atom is -0.457 e. The van der Waals surface area contributed by atoms with E-state index in [9.17, 15) is 13.2 Å². The van der Waals surface area contributed by atoms with Crippen LogP contribution in [0.1, 0.15) is 5.56 Å². The maximum atomic E-state index is 12.2. The molecule has 0 spiro atoms. The predicted octanol–water partition coefficient (Wildman–Crippen LogP) is 5.88. The molecule has 0 amide bonds. The van der Waals surface area contributed by atoms with E-state index in [1.54, 1.807) is 18.2 Å². The number of alkyl halides is 4. The van der Waals surface area contributed by atoms with Crippen molar-refractivity contribution in [1.29, 1.82) is 0 Å². The Bertz CT molecular complexity index is 632. The Labute approximate surface area is 132 Å². The van der Waals surface area contributed by atoms with E-state index in [2.05, 4.69) is 20.7 Å². The van der Waals surface area contributed by atoms with E-state index >= 15 is 0 Å². The molecule has 0 aliphatic heterocycles. The third-order valence-corrected chi connectivity index (χ3v) is 3.35. The molecule has 0 bridgehead atoms. The van der Waals surface area contributed by atoms with E-state index in [-0.39, 0.29) is 10.2 Å². The van der Waals surface area contributed by atoms with Gasteiger partial charge in [0.2, 0.25) is 0 Å². The first-order valence-corrected chi connectivity index (χ1v) is 7.08. The van der Waals surface area contributed by atoms with Gasteiger partial charge in [0.1, 0.15) is 17.2 Å². The third-order valence-electron chi connectivity index (χ3n) is 2.42. The number of hydrogen-bond acceptors (Lipinski definition) is 2. The largest absolute Gasteiger partial charge is 0.573 e. The van der Waals surface area contributed by atoms with Crippen molar-refractivity contribution in [3.63, 3.8) is 0 Å². The Balaban J connectivity index is 2.16. The van der Waals surface area contributed by atoms with Gasteiger partial charge in [0.05, 0.1) is 4.47 Å². The minimum atomic E-state index is -4.74. The third kappa shape index (κ3) is 4.82. The molecule has 0 aliphatic carbocycles. The molecule has 0 aliphatic rings. The Morgan fingerprint density at radius 3 is 2.38 bits per heavy atom. The summed E-state index contributed by atoms with van der Waals surface area (Å²) in [5.41, 5.74) is 0.880. The first-order valence-electron chi connectivity index (χ1n) is 5.75. The number of hydrogen-bond donors (Lipinski definition) is 0. The van der Waals surface area contributed by atoms with Crippen molar-refractivity contribution in [2.75, 3.05) is 0 Å². The van der Waals surface area contributed by atoms with Crippen LogP contribution in [0.5, 0.6) is 17.2 Å². The average molecular weight is 382 g/mol. The smallest absolute Gasteiger partial charge is 0.457 e. The highest BCUT2D eigenvalue weighted by atomic mass is 79.9.